The van der Waals surface area contributed by atoms with E-state index in [2.05, 4.69) is 24.4 Å². The first kappa shape index (κ1) is 13.7. The number of rotatable bonds is 7. The van der Waals surface area contributed by atoms with E-state index in [0.29, 0.717) is 19.7 Å². The molecule has 3 N–H and O–H groups in total. The first-order chi connectivity index (χ1) is 8.24. The quantitative estimate of drug-likeness (QED) is 0.682. The average Bonchev–Trinajstić information content (AvgIpc) is 2.32. The van der Waals surface area contributed by atoms with E-state index in [1.807, 2.05) is 12.1 Å². The molecule has 0 spiro atoms. The van der Waals surface area contributed by atoms with Gasteiger partial charge in [-0.25, -0.2) is 0 Å². The van der Waals surface area contributed by atoms with Crippen LogP contribution >= 0.6 is 0 Å². The van der Waals surface area contributed by atoms with E-state index >= 15 is 0 Å². The predicted molar refractivity (Wildman–Crippen MR) is 67.8 cm³/mol. The number of hydrogen-bond acceptors (Lipinski definition) is 3. The minimum absolute atomic E-state index is 0.0883. The van der Waals surface area contributed by atoms with E-state index < -0.39 is 0 Å². The highest BCUT2D eigenvalue weighted by atomic mass is 16.5. The minimum Gasteiger partial charge on any atom is -0.370 e. The summed E-state index contributed by atoms with van der Waals surface area (Å²) in [6, 6.07) is 8.17. The molecule has 0 unspecified atom stereocenters. The summed E-state index contributed by atoms with van der Waals surface area (Å²) in [5.74, 6) is -0.0907. The van der Waals surface area contributed by atoms with Crippen LogP contribution < -0.4 is 11.1 Å². The topological polar surface area (TPSA) is 64.3 Å². The molecule has 0 atom stereocenters. The summed E-state index contributed by atoms with van der Waals surface area (Å²) in [5.41, 5.74) is 7.76. The van der Waals surface area contributed by atoms with Gasteiger partial charge in [-0.05, 0) is 24.5 Å². The largest absolute Gasteiger partial charge is 0.370 e. The third-order valence-corrected chi connectivity index (χ3v) is 2.47. The van der Waals surface area contributed by atoms with Crippen LogP contribution in [-0.2, 0) is 16.0 Å². The Balaban J connectivity index is 2.19. The number of nitrogens with one attached hydrogen (secondary N) is 1. The fraction of sp³-hybridized carbons (Fsp3) is 0.462. The van der Waals surface area contributed by atoms with Gasteiger partial charge in [0.15, 0.2) is 0 Å². The maximum Gasteiger partial charge on any atom is 0.246 e. The van der Waals surface area contributed by atoms with Crippen LogP contribution in [0.3, 0.4) is 0 Å². The van der Waals surface area contributed by atoms with Crippen LogP contribution in [-0.4, -0.2) is 32.2 Å². The second kappa shape index (κ2) is 7.81. The van der Waals surface area contributed by atoms with E-state index in [0.717, 1.165) is 6.42 Å². The van der Waals surface area contributed by atoms with E-state index in [1.54, 1.807) is 0 Å². The van der Waals surface area contributed by atoms with Crippen LogP contribution in [0.4, 0.5) is 0 Å². The van der Waals surface area contributed by atoms with Crippen molar-refractivity contribution in [3.05, 3.63) is 35.4 Å². The van der Waals surface area contributed by atoms with Gasteiger partial charge in [-0.1, -0.05) is 24.3 Å². The molecular weight excluding hydrogens is 216 g/mol. The minimum atomic E-state index is -0.0907. The van der Waals surface area contributed by atoms with Gasteiger partial charge >= 0.3 is 0 Å². The molecule has 0 saturated carbocycles. The summed E-state index contributed by atoms with van der Waals surface area (Å²) in [4.78, 5) is 11.3. The standard InChI is InChI=1S/C13H20N2O2/c1-11-4-2-3-5-12(11)6-8-15-13(16)10-17-9-7-14/h2-5H,6-10,14H2,1H3,(H,15,16). The summed E-state index contributed by atoms with van der Waals surface area (Å²) < 4.78 is 5.03. The van der Waals surface area contributed by atoms with Crippen molar-refractivity contribution in [2.75, 3.05) is 26.3 Å². The Morgan fingerprint density at radius 1 is 1.41 bits per heavy atom. The zero-order chi connectivity index (χ0) is 12.5. The van der Waals surface area contributed by atoms with Gasteiger partial charge in [0, 0.05) is 13.1 Å². The summed E-state index contributed by atoms with van der Waals surface area (Å²) >= 11 is 0. The summed E-state index contributed by atoms with van der Waals surface area (Å²) in [7, 11) is 0. The van der Waals surface area contributed by atoms with Gasteiger partial charge in [0.1, 0.15) is 6.61 Å². The lowest BCUT2D eigenvalue weighted by atomic mass is 10.1. The molecule has 1 rings (SSSR count). The van der Waals surface area contributed by atoms with Gasteiger partial charge < -0.3 is 15.8 Å². The number of hydrogen-bond donors (Lipinski definition) is 2. The molecule has 0 aliphatic rings. The molecule has 0 heterocycles. The Morgan fingerprint density at radius 3 is 2.88 bits per heavy atom. The highest BCUT2D eigenvalue weighted by Gasteiger charge is 2.01. The fourth-order valence-electron chi connectivity index (χ4n) is 1.53. The molecular formula is C13H20N2O2. The lowest BCUT2D eigenvalue weighted by Gasteiger charge is -2.07. The SMILES string of the molecule is Cc1ccccc1CCNC(=O)COCCN. The molecule has 4 heteroatoms. The fourth-order valence-corrected chi connectivity index (χ4v) is 1.53. The molecule has 0 radical (unpaired) electrons. The second-order valence-corrected chi connectivity index (χ2v) is 3.87. The number of amides is 1. The first-order valence-corrected chi connectivity index (χ1v) is 5.83. The van der Waals surface area contributed by atoms with Crippen LogP contribution in [0.25, 0.3) is 0 Å². The molecule has 94 valence electrons. The van der Waals surface area contributed by atoms with Crippen LogP contribution in [0.15, 0.2) is 24.3 Å². The number of nitrogens with two attached hydrogens (primary N) is 1. The van der Waals surface area contributed by atoms with Gasteiger partial charge in [0.25, 0.3) is 0 Å². The van der Waals surface area contributed by atoms with Gasteiger partial charge in [0.05, 0.1) is 6.61 Å². The van der Waals surface area contributed by atoms with E-state index in [9.17, 15) is 4.79 Å². The van der Waals surface area contributed by atoms with Crippen molar-refractivity contribution >= 4 is 5.91 Å². The van der Waals surface area contributed by atoms with Gasteiger partial charge in [-0.15, -0.1) is 0 Å². The maximum absolute atomic E-state index is 11.3. The first-order valence-electron chi connectivity index (χ1n) is 5.83. The molecule has 0 aromatic heterocycles. The molecule has 0 aliphatic carbocycles. The van der Waals surface area contributed by atoms with Gasteiger partial charge in [-0.2, -0.15) is 0 Å². The van der Waals surface area contributed by atoms with Crippen molar-refractivity contribution in [2.45, 2.75) is 13.3 Å². The number of aryl methyl sites for hydroxylation is 1. The molecule has 1 aromatic rings. The summed E-state index contributed by atoms with van der Waals surface area (Å²) in [6.07, 6.45) is 0.843. The molecule has 0 aliphatic heterocycles. The molecule has 4 nitrogen and oxygen atoms in total. The van der Waals surface area contributed by atoms with Crippen molar-refractivity contribution in [2.24, 2.45) is 5.73 Å². The zero-order valence-corrected chi connectivity index (χ0v) is 10.2. The van der Waals surface area contributed by atoms with E-state index in [4.69, 9.17) is 10.5 Å². The van der Waals surface area contributed by atoms with Crippen LogP contribution in [0.5, 0.6) is 0 Å². The van der Waals surface area contributed by atoms with Crippen molar-refractivity contribution < 1.29 is 9.53 Å². The lowest BCUT2D eigenvalue weighted by molar-refractivity contribution is -0.125. The summed E-state index contributed by atoms with van der Waals surface area (Å²) in [5, 5.41) is 2.81. The Kier molecular flexibility index (Phi) is 6.29. The third-order valence-electron chi connectivity index (χ3n) is 2.47. The molecule has 0 fully saturated rings. The molecule has 1 aromatic carbocycles. The molecule has 0 saturated heterocycles. The Hall–Kier alpha value is -1.39. The predicted octanol–water partition coefficient (Wildman–Crippen LogP) is 0.629. The summed E-state index contributed by atoms with van der Waals surface area (Å²) in [6.45, 7) is 3.66. The second-order valence-electron chi connectivity index (χ2n) is 3.87. The number of carbonyl (C=O) groups excluding carboxylic acids is 1. The molecule has 1 amide bonds. The molecule has 17 heavy (non-hydrogen) atoms. The van der Waals surface area contributed by atoms with E-state index in [-0.39, 0.29) is 12.5 Å². The third kappa shape index (κ3) is 5.47. The van der Waals surface area contributed by atoms with Gasteiger partial charge in [-0.3, -0.25) is 4.79 Å². The average molecular weight is 236 g/mol. The lowest BCUT2D eigenvalue weighted by Crippen LogP contribution is -2.30. The highest BCUT2D eigenvalue weighted by Crippen LogP contribution is 2.06. The Labute approximate surface area is 102 Å². The van der Waals surface area contributed by atoms with Gasteiger partial charge in [0.2, 0.25) is 5.91 Å². The number of carbonyl (C=O) groups is 1. The van der Waals surface area contributed by atoms with Crippen molar-refractivity contribution in [3.63, 3.8) is 0 Å². The van der Waals surface area contributed by atoms with Crippen molar-refractivity contribution in [1.82, 2.24) is 5.32 Å². The zero-order valence-electron chi connectivity index (χ0n) is 10.2. The van der Waals surface area contributed by atoms with Crippen LogP contribution in [0.1, 0.15) is 11.1 Å². The highest BCUT2D eigenvalue weighted by molar-refractivity contribution is 5.77. The smallest absolute Gasteiger partial charge is 0.246 e. The van der Waals surface area contributed by atoms with Crippen molar-refractivity contribution in [3.8, 4) is 0 Å². The normalized spacial score (nSPS) is 10.2. The number of benzene rings is 1. The van der Waals surface area contributed by atoms with E-state index in [1.165, 1.54) is 11.1 Å². The Bertz CT molecular complexity index is 353. The monoisotopic (exact) mass is 236 g/mol. The van der Waals surface area contributed by atoms with Crippen molar-refractivity contribution in [1.29, 1.82) is 0 Å². The number of ether oxygens (including phenoxy) is 1. The Morgan fingerprint density at radius 2 is 2.18 bits per heavy atom. The van der Waals surface area contributed by atoms with Crippen LogP contribution in [0.2, 0.25) is 0 Å². The van der Waals surface area contributed by atoms with Crippen LogP contribution in [0, 0.1) is 6.92 Å². The maximum atomic E-state index is 11.3. The molecule has 0 bridgehead atoms.